The van der Waals surface area contributed by atoms with Crippen LogP contribution in [0.25, 0.3) is 0 Å². The lowest BCUT2D eigenvalue weighted by molar-refractivity contribution is 0.261. The Balaban J connectivity index is 2.02. The molecule has 0 bridgehead atoms. The van der Waals surface area contributed by atoms with Crippen molar-refractivity contribution in [2.24, 2.45) is 0 Å². The van der Waals surface area contributed by atoms with Crippen molar-refractivity contribution in [2.75, 3.05) is 38.2 Å². The number of rotatable bonds is 9. The third-order valence-electron chi connectivity index (χ3n) is 3.68. The summed E-state index contributed by atoms with van der Waals surface area (Å²) in [6.45, 7) is 5.20. The number of likely N-dealkylation sites (N-methyl/N-ethyl adjacent to an activating group) is 1. The summed E-state index contributed by atoms with van der Waals surface area (Å²) in [5.74, 6) is 0.715. The van der Waals surface area contributed by atoms with E-state index < -0.39 is 9.84 Å². The number of sulfone groups is 1. The minimum absolute atomic E-state index is 0.233. The van der Waals surface area contributed by atoms with Crippen LogP contribution in [-0.4, -0.2) is 57.5 Å². The molecule has 4 nitrogen and oxygen atoms in total. The van der Waals surface area contributed by atoms with Crippen LogP contribution in [0.15, 0.2) is 0 Å². The van der Waals surface area contributed by atoms with E-state index >= 15 is 0 Å². The van der Waals surface area contributed by atoms with Gasteiger partial charge < -0.3 is 10.2 Å². The van der Waals surface area contributed by atoms with E-state index in [4.69, 9.17) is 0 Å². The molecular formula is C13H28N2O2S. The molecule has 0 saturated carbocycles. The van der Waals surface area contributed by atoms with Crippen molar-refractivity contribution in [2.45, 2.75) is 45.1 Å². The molecule has 5 heteroatoms. The molecule has 0 radical (unpaired) electrons. The molecular weight excluding hydrogens is 248 g/mol. The first-order valence-corrected chi connectivity index (χ1v) is 8.98. The summed E-state index contributed by atoms with van der Waals surface area (Å²) in [6, 6.07) is 0.233. The Morgan fingerprint density at radius 1 is 1.22 bits per heavy atom. The van der Waals surface area contributed by atoms with Gasteiger partial charge in [-0.3, -0.25) is 0 Å². The summed E-state index contributed by atoms with van der Waals surface area (Å²) in [4.78, 5) is 2.18. The third-order valence-corrected chi connectivity index (χ3v) is 5.43. The Kier molecular flexibility index (Phi) is 7.19. The molecule has 0 aromatic carbocycles. The second-order valence-electron chi connectivity index (χ2n) is 5.35. The standard InChI is InChI=1S/C13H28N2O2S/c1-3-4-5-6-8-14-9-10-15(2)13-7-11-18(16,17)12-13/h13-14H,3-12H2,1-2H3. The van der Waals surface area contributed by atoms with Crippen molar-refractivity contribution < 1.29 is 8.42 Å². The van der Waals surface area contributed by atoms with Gasteiger partial charge in [0.15, 0.2) is 9.84 Å². The molecule has 108 valence electrons. The van der Waals surface area contributed by atoms with Crippen LogP contribution >= 0.6 is 0 Å². The van der Waals surface area contributed by atoms with Gasteiger partial charge in [-0.1, -0.05) is 26.2 Å². The molecule has 1 aliphatic rings. The molecule has 18 heavy (non-hydrogen) atoms. The lowest BCUT2D eigenvalue weighted by Gasteiger charge is -2.23. The maximum atomic E-state index is 11.4. The van der Waals surface area contributed by atoms with Crippen LogP contribution < -0.4 is 5.32 Å². The largest absolute Gasteiger partial charge is 0.315 e. The van der Waals surface area contributed by atoms with Gasteiger partial charge in [0.25, 0.3) is 0 Å². The van der Waals surface area contributed by atoms with Crippen molar-refractivity contribution in [3.8, 4) is 0 Å². The molecule has 0 spiro atoms. The molecule has 0 amide bonds. The predicted octanol–water partition coefficient (Wildman–Crippen LogP) is 1.28. The van der Waals surface area contributed by atoms with Crippen LogP contribution in [0.4, 0.5) is 0 Å². The van der Waals surface area contributed by atoms with Crippen LogP contribution in [0.3, 0.4) is 0 Å². The minimum atomic E-state index is -2.75. The normalized spacial score (nSPS) is 22.7. The van der Waals surface area contributed by atoms with Crippen LogP contribution in [-0.2, 0) is 9.84 Å². The van der Waals surface area contributed by atoms with Crippen LogP contribution in [0.5, 0.6) is 0 Å². The van der Waals surface area contributed by atoms with Gasteiger partial charge in [-0.25, -0.2) is 8.42 Å². The van der Waals surface area contributed by atoms with Gasteiger partial charge in [0.1, 0.15) is 0 Å². The third kappa shape index (κ3) is 6.16. The van der Waals surface area contributed by atoms with Gasteiger partial charge >= 0.3 is 0 Å². The number of unbranched alkanes of at least 4 members (excludes halogenated alkanes) is 3. The monoisotopic (exact) mass is 276 g/mol. The summed E-state index contributed by atoms with van der Waals surface area (Å²) >= 11 is 0. The zero-order valence-corrected chi connectivity index (χ0v) is 12.6. The van der Waals surface area contributed by atoms with Crippen molar-refractivity contribution in [3.63, 3.8) is 0 Å². The molecule has 1 N–H and O–H groups in total. The fourth-order valence-electron chi connectivity index (χ4n) is 2.36. The molecule has 1 atom stereocenters. The second kappa shape index (κ2) is 8.12. The molecule has 1 heterocycles. The fourth-order valence-corrected chi connectivity index (χ4v) is 4.17. The van der Waals surface area contributed by atoms with E-state index in [1.54, 1.807) is 0 Å². The highest BCUT2D eigenvalue weighted by Gasteiger charge is 2.30. The smallest absolute Gasteiger partial charge is 0.151 e. The maximum Gasteiger partial charge on any atom is 0.151 e. The summed E-state index contributed by atoms with van der Waals surface area (Å²) in [6.07, 6.45) is 5.95. The maximum absolute atomic E-state index is 11.4. The Hall–Kier alpha value is -0.130. The van der Waals surface area contributed by atoms with E-state index in [1.165, 1.54) is 25.7 Å². The Labute approximate surface area is 112 Å². The average Bonchev–Trinajstić information content (AvgIpc) is 2.68. The summed E-state index contributed by atoms with van der Waals surface area (Å²) < 4.78 is 22.8. The number of hydrogen-bond acceptors (Lipinski definition) is 4. The molecule has 1 unspecified atom stereocenters. The molecule has 0 aromatic rings. The lowest BCUT2D eigenvalue weighted by Crippen LogP contribution is -2.37. The zero-order chi connectivity index (χ0) is 13.4. The number of nitrogens with zero attached hydrogens (tertiary/aromatic N) is 1. The Morgan fingerprint density at radius 2 is 2.00 bits per heavy atom. The van der Waals surface area contributed by atoms with Crippen molar-refractivity contribution >= 4 is 9.84 Å². The van der Waals surface area contributed by atoms with Crippen LogP contribution in [0.2, 0.25) is 0 Å². The van der Waals surface area contributed by atoms with Gasteiger partial charge in [-0.2, -0.15) is 0 Å². The molecule has 0 aromatic heterocycles. The van der Waals surface area contributed by atoms with Crippen molar-refractivity contribution in [3.05, 3.63) is 0 Å². The van der Waals surface area contributed by atoms with Crippen LogP contribution in [0, 0.1) is 0 Å². The molecule has 1 fully saturated rings. The first-order chi connectivity index (χ1) is 8.55. The highest BCUT2D eigenvalue weighted by Crippen LogP contribution is 2.15. The van der Waals surface area contributed by atoms with Gasteiger partial charge in [0.2, 0.25) is 0 Å². The minimum Gasteiger partial charge on any atom is -0.315 e. The van der Waals surface area contributed by atoms with Gasteiger partial charge in [0, 0.05) is 19.1 Å². The highest BCUT2D eigenvalue weighted by atomic mass is 32.2. The van der Waals surface area contributed by atoms with Crippen molar-refractivity contribution in [1.29, 1.82) is 0 Å². The first-order valence-electron chi connectivity index (χ1n) is 7.16. The predicted molar refractivity (Wildman–Crippen MR) is 76.7 cm³/mol. The van der Waals surface area contributed by atoms with E-state index in [9.17, 15) is 8.42 Å². The Bertz CT molecular complexity index is 317. The van der Waals surface area contributed by atoms with E-state index in [-0.39, 0.29) is 6.04 Å². The van der Waals surface area contributed by atoms with Gasteiger partial charge in [0.05, 0.1) is 11.5 Å². The van der Waals surface area contributed by atoms with E-state index in [1.807, 2.05) is 7.05 Å². The number of hydrogen-bond donors (Lipinski definition) is 1. The van der Waals surface area contributed by atoms with E-state index in [2.05, 4.69) is 17.1 Å². The zero-order valence-electron chi connectivity index (χ0n) is 11.8. The highest BCUT2D eigenvalue weighted by molar-refractivity contribution is 7.91. The molecule has 1 aliphatic heterocycles. The summed E-state index contributed by atoms with van der Waals surface area (Å²) in [5.41, 5.74) is 0. The van der Waals surface area contributed by atoms with Crippen molar-refractivity contribution in [1.82, 2.24) is 10.2 Å². The topological polar surface area (TPSA) is 49.4 Å². The SMILES string of the molecule is CCCCCCNCCN(C)C1CCS(=O)(=O)C1. The van der Waals surface area contributed by atoms with E-state index in [0.29, 0.717) is 11.5 Å². The second-order valence-corrected chi connectivity index (χ2v) is 7.58. The quantitative estimate of drug-likeness (QED) is 0.645. The summed E-state index contributed by atoms with van der Waals surface area (Å²) in [5, 5.41) is 3.43. The fraction of sp³-hybridized carbons (Fsp3) is 1.00. The number of nitrogens with one attached hydrogen (secondary N) is 1. The van der Waals surface area contributed by atoms with Gasteiger partial charge in [-0.15, -0.1) is 0 Å². The lowest BCUT2D eigenvalue weighted by atomic mass is 10.2. The van der Waals surface area contributed by atoms with Crippen LogP contribution in [0.1, 0.15) is 39.0 Å². The average molecular weight is 276 g/mol. The molecule has 1 saturated heterocycles. The van der Waals surface area contributed by atoms with E-state index in [0.717, 1.165) is 26.1 Å². The molecule has 0 aliphatic carbocycles. The Morgan fingerprint density at radius 3 is 2.61 bits per heavy atom. The van der Waals surface area contributed by atoms with Gasteiger partial charge in [-0.05, 0) is 26.4 Å². The molecule has 1 rings (SSSR count). The first kappa shape index (κ1) is 15.9. The summed E-state index contributed by atoms with van der Waals surface area (Å²) in [7, 11) is -0.716.